The van der Waals surface area contributed by atoms with E-state index >= 15 is 0 Å². The lowest BCUT2D eigenvalue weighted by Gasteiger charge is -2.13. The van der Waals surface area contributed by atoms with Gasteiger partial charge in [-0.25, -0.2) is 4.39 Å². The fourth-order valence-corrected chi connectivity index (χ4v) is 1.89. The van der Waals surface area contributed by atoms with Crippen LogP contribution in [0.5, 0.6) is 0 Å². The molecule has 3 N–H and O–H groups in total. The fraction of sp³-hybridized carbons (Fsp3) is 0.200. The first-order valence-electron chi connectivity index (χ1n) is 5.85. The van der Waals surface area contributed by atoms with E-state index in [-0.39, 0.29) is 5.82 Å². The van der Waals surface area contributed by atoms with Crippen molar-refractivity contribution in [1.82, 2.24) is 0 Å². The number of hydrogen-bond acceptors (Lipinski definition) is 2. The van der Waals surface area contributed by atoms with Crippen molar-refractivity contribution in [3.63, 3.8) is 0 Å². The summed E-state index contributed by atoms with van der Waals surface area (Å²) >= 11 is 0. The third-order valence-electron chi connectivity index (χ3n) is 2.96. The molecule has 0 aromatic heterocycles. The Hall–Kier alpha value is -1.87. The van der Waals surface area contributed by atoms with Gasteiger partial charge < -0.3 is 10.8 Å². The Morgan fingerprint density at radius 2 is 1.83 bits per heavy atom. The van der Waals surface area contributed by atoms with Crippen molar-refractivity contribution in [2.75, 3.05) is 5.73 Å². The molecule has 1 atom stereocenters. The minimum atomic E-state index is -0.789. The summed E-state index contributed by atoms with van der Waals surface area (Å²) in [7, 11) is 0. The van der Waals surface area contributed by atoms with Gasteiger partial charge in [0, 0.05) is 17.7 Å². The molecule has 18 heavy (non-hydrogen) atoms. The molecule has 0 fully saturated rings. The molecular weight excluding hydrogens is 229 g/mol. The summed E-state index contributed by atoms with van der Waals surface area (Å²) in [6, 6.07) is 11.9. The van der Waals surface area contributed by atoms with Gasteiger partial charge in [-0.2, -0.15) is 0 Å². The Morgan fingerprint density at radius 3 is 2.50 bits per heavy atom. The Labute approximate surface area is 106 Å². The van der Waals surface area contributed by atoms with Crippen molar-refractivity contribution in [1.29, 1.82) is 0 Å². The zero-order valence-electron chi connectivity index (χ0n) is 10.2. The Bertz CT molecular complexity index is 537. The van der Waals surface area contributed by atoms with Crippen molar-refractivity contribution in [3.8, 4) is 0 Å². The van der Waals surface area contributed by atoms with Crippen LogP contribution in [0.3, 0.4) is 0 Å². The Morgan fingerprint density at radius 1 is 1.17 bits per heavy atom. The zero-order chi connectivity index (χ0) is 13.1. The van der Waals surface area contributed by atoms with Crippen molar-refractivity contribution in [3.05, 3.63) is 65.0 Å². The Kier molecular flexibility index (Phi) is 3.63. The molecule has 0 amide bonds. The van der Waals surface area contributed by atoms with Gasteiger partial charge in [-0.15, -0.1) is 0 Å². The number of rotatable bonds is 3. The molecule has 2 rings (SSSR count). The number of halogens is 1. The average molecular weight is 245 g/mol. The molecule has 94 valence electrons. The molecule has 1 unspecified atom stereocenters. The number of nitrogen functional groups attached to an aromatic ring is 1. The van der Waals surface area contributed by atoms with E-state index in [9.17, 15) is 9.50 Å². The monoisotopic (exact) mass is 245 g/mol. The molecule has 2 aromatic rings. The van der Waals surface area contributed by atoms with Gasteiger partial charge in [0.2, 0.25) is 0 Å². The quantitative estimate of drug-likeness (QED) is 0.816. The van der Waals surface area contributed by atoms with Crippen LogP contribution in [0.1, 0.15) is 22.8 Å². The average Bonchev–Trinajstić information content (AvgIpc) is 2.35. The summed E-state index contributed by atoms with van der Waals surface area (Å²) in [5.74, 6) is -0.387. The van der Waals surface area contributed by atoms with E-state index in [1.807, 2.05) is 31.2 Å². The van der Waals surface area contributed by atoms with Crippen LogP contribution >= 0.6 is 0 Å². The minimum absolute atomic E-state index is 0.387. The standard InChI is InChI=1S/C15H16FNO/c1-10-2-4-11(5-3-10)8-15(18)13-9-12(16)6-7-14(13)17/h2-7,9,15,18H,8,17H2,1H3. The summed E-state index contributed by atoms with van der Waals surface area (Å²) in [4.78, 5) is 0. The highest BCUT2D eigenvalue weighted by Crippen LogP contribution is 2.24. The maximum atomic E-state index is 13.1. The lowest BCUT2D eigenvalue weighted by molar-refractivity contribution is 0.179. The maximum absolute atomic E-state index is 13.1. The van der Waals surface area contributed by atoms with Gasteiger partial charge in [0.05, 0.1) is 6.10 Å². The number of nitrogens with two attached hydrogens (primary N) is 1. The molecule has 0 bridgehead atoms. The van der Waals surface area contributed by atoms with E-state index < -0.39 is 6.10 Å². The summed E-state index contributed by atoms with van der Waals surface area (Å²) in [6.45, 7) is 2.00. The second-order valence-corrected chi connectivity index (χ2v) is 4.48. The molecule has 0 aliphatic carbocycles. The van der Waals surface area contributed by atoms with Gasteiger partial charge in [0.25, 0.3) is 0 Å². The van der Waals surface area contributed by atoms with Crippen LogP contribution in [-0.4, -0.2) is 5.11 Å². The summed E-state index contributed by atoms with van der Waals surface area (Å²) in [5.41, 5.74) is 8.76. The molecule has 0 aliphatic rings. The van der Waals surface area contributed by atoms with E-state index in [1.54, 1.807) is 0 Å². The van der Waals surface area contributed by atoms with Gasteiger partial charge in [-0.3, -0.25) is 0 Å². The van der Waals surface area contributed by atoms with Crippen LogP contribution in [0.15, 0.2) is 42.5 Å². The van der Waals surface area contributed by atoms with E-state index in [1.165, 1.54) is 23.8 Å². The SMILES string of the molecule is Cc1ccc(CC(O)c2cc(F)ccc2N)cc1. The first-order chi connectivity index (χ1) is 8.56. The van der Waals surface area contributed by atoms with Crippen LogP contribution in [-0.2, 0) is 6.42 Å². The fourth-order valence-electron chi connectivity index (χ4n) is 1.89. The summed E-state index contributed by atoms with van der Waals surface area (Å²) in [6.07, 6.45) is -0.364. The topological polar surface area (TPSA) is 46.2 Å². The second-order valence-electron chi connectivity index (χ2n) is 4.48. The Balaban J connectivity index is 2.18. The minimum Gasteiger partial charge on any atom is -0.398 e. The van der Waals surface area contributed by atoms with Gasteiger partial charge in [-0.1, -0.05) is 29.8 Å². The van der Waals surface area contributed by atoms with Gasteiger partial charge in [-0.05, 0) is 30.7 Å². The van der Waals surface area contributed by atoms with Gasteiger partial charge >= 0.3 is 0 Å². The number of anilines is 1. The molecule has 3 heteroatoms. The molecule has 2 nitrogen and oxygen atoms in total. The van der Waals surface area contributed by atoms with Crippen LogP contribution < -0.4 is 5.73 Å². The van der Waals surface area contributed by atoms with Crippen LogP contribution in [0, 0.1) is 12.7 Å². The summed E-state index contributed by atoms with van der Waals surface area (Å²) in [5, 5.41) is 10.1. The molecule has 0 saturated heterocycles. The highest BCUT2D eigenvalue weighted by molar-refractivity contribution is 5.48. The first-order valence-corrected chi connectivity index (χ1v) is 5.85. The molecule has 0 heterocycles. The van der Waals surface area contributed by atoms with Crippen LogP contribution in [0.2, 0.25) is 0 Å². The number of hydrogen-bond donors (Lipinski definition) is 2. The normalized spacial score (nSPS) is 12.4. The van der Waals surface area contributed by atoms with Crippen molar-refractivity contribution < 1.29 is 9.50 Å². The van der Waals surface area contributed by atoms with Crippen LogP contribution in [0.4, 0.5) is 10.1 Å². The number of aliphatic hydroxyl groups is 1. The third-order valence-corrected chi connectivity index (χ3v) is 2.96. The molecular formula is C15H16FNO. The molecule has 2 aromatic carbocycles. The molecule has 0 spiro atoms. The lowest BCUT2D eigenvalue weighted by Crippen LogP contribution is -2.06. The van der Waals surface area contributed by atoms with Crippen molar-refractivity contribution in [2.45, 2.75) is 19.4 Å². The van der Waals surface area contributed by atoms with Crippen molar-refractivity contribution >= 4 is 5.69 Å². The van der Waals surface area contributed by atoms with Crippen LogP contribution in [0.25, 0.3) is 0 Å². The van der Waals surface area contributed by atoms with E-state index in [0.29, 0.717) is 17.7 Å². The molecule has 0 radical (unpaired) electrons. The number of aliphatic hydroxyl groups excluding tert-OH is 1. The molecule has 0 saturated carbocycles. The zero-order valence-corrected chi connectivity index (χ0v) is 10.2. The predicted octanol–water partition coefficient (Wildman–Crippen LogP) is 2.99. The highest BCUT2D eigenvalue weighted by atomic mass is 19.1. The van der Waals surface area contributed by atoms with E-state index in [2.05, 4.69) is 0 Å². The van der Waals surface area contributed by atoms with E-state index in [0.717, 1.165) is 5.56 Å². The van der Waals surface area contributed by atoms with Gasteiger partial charge in [0.15, 0.2) is 0 Å². The predicted molar refractivity (Wildman–Crippen MR) is 70.7 cm³/mol. The second kappa shape index (κ2) is 5.19. The largest absolute Gasteiger partial charge is 0.398 e. The third kappa shape index (κ3) is 2.87. The van der Waals surface area contributed by atoms with E-state index in [4.69, 9.17) is 5.73 Å². The smallest absolute Gasteiger partial charge is 0.123 e. The summed E-state index contributed by atoms with van der Waals surface area (Å²) < 4.78 is 13.1. The first kappa shape index (κ1) is 12.6. The van der Waals surface area contributed by atoms with Crippen molar-refractivity contribution in [2.24, 2.45) is 0 Å². The number of aryl methyl sites for hydroxylation is 1. The number of benzene rings is 2. The maximum Gasteiger partial charge on any atom is 0.123 e. The highest BCUT2D eigenvalue weighted by Gasteiger charge is 2.12. The molecule has 0 aliphatic heterocycles. The lowest BCUT2D eigenvalue weighted by atomic mass is 9.99. The van der Waals surface area contributed by atoms with Gasteiger partial charge in [0.1, 0.15) is 5.82 Å².